The highest BCUT2D eigenvalue weighted by molar-refractivity contribution is 5.59. The zero-order chi connectivity index (χ0) is 19.0. The van der Waals surface area contributed by atoms with E-state index in [0.717, 1.165) is 36.2 Å². The normalized spacial score (nSPS) is 27.0. The van der Waals surface area contributed by atoms with Crippen LogP contribution in [0.1, 0.15) is 36.8 Å². The molecule has 2 saturated heterocycles. The van der Waals surface area contributed by atoms with Gasteiger partial charge >= 0.3 is 0 Å². The zero-order valence-electron chi connectivity index (χ0n) is 16.0. The molecule has 2 bridgehead atoms. The van der Waals surface area contributed by atoms with Gasteiger partial charge in [0, 0.05) is 30.4 Å². The zero-order valence-corrected chi connectivity index (χ0v) is 16.0. The summed E-state index contributed by atoms with van der Waals surface area (Å²) in [7, 11) is 0. The van der Waals surface area contributed by atoms with Crippen LogP contribution in [0.15, 0.2) is 79.0 Å². The number of aromatic nitrogens is 1. The molecule has 2 aromatic carbocycles. The fraction of sp³-hybridized carbons (Fsp3) is 0.320. The summed E-state index contributed by atoms with van der Waals surface area (Å²) in [5, 5.41) is 11.5. The molecule has 2 aliphatic heterocycles. The summed E-state index contributed by atoms with van der Waals surface area (Å²) in [4.78, 5) is 7.04. The third kappa shape index (κ3) is 3.25. The van der Waals surface area contributed by atoms with Gasteiger partial charge in [0.15, 0.2) is 0 Å². The molecule has 1 aromatic heterocycles. The molecule has 28 heavy (non-hydrogen) atoms. The summed E-state index contributed by atoms with van der Waals surface area (Å²) in [6.07, 6.45) is 5.83. The Morgan fingerprint density at radius 3 is 2.18 bits per heavy atom. The molecule has 1 N–H and O–H groups in total. The first-order valence-corrected chi connectivity index (χ1v) is 10.3. The van der Waals surface area contributed by atoms with E-state index in [2.05, 4.69) is 64.5 Å². The number of rotatable bonds is 4. The first-order chi connectivity index (χ1) is 13.7. The van der Waals surface area contributed by atoms with Gasteiger partial charge in [-0.2, -0.15) is 0 Å². The Kier molecular flexibility index (Phi) is 4.50. The van der Waals surface area contributed by atoms with Crippen molar-refractivity contribution in [1.82, 2.24) is 9.88 Å². The maximum atomic E-state index is 11.5. The van der Waals surface area contributed by atoms with Crippen LogP contribution in [-0.2, 0) is 12.1 Å². The van der Waals surface area contributed by atoms with Crippen molar-refractivity contribution in [3.63, 3.8) is 0 Å². The molecule has 2 unspecified atom stereocenters. The Morgan fingerprint density at radius 1 is 0.857 bits per heavy atom. The molecule has 0 aliphatic carbocycles. The summed E-state index contributed by atoms with van der Waals surface area (Å²) in [5.74, 6) is 0. The van der Waals surface area contributed by atoms with Crippen LogP contribution in [0.4, 0.5) is 0 Å². The van der Waals surface area contributed by atoms with Crippen LogP contribution in [0.25, 0.3) is 11.3 Å². The molecule has 142 valence electrons. The van der Waals surface area contributed by atoms with Gasteiger partial charge in [0.05, 0.1) is 11.3 Å². The van der Waals surface area contributed by atoms with Gasteiger partial charge in [-0.15, -0.1) is 0 Å². The average molecular weight is 370 g/mol. The smallest absolute Gasteiger partial charge is 0.0926 e. The van der Waals surface area contributed by atoms with Gasteiger partial charge in [0.2, 0.25) is 0 Å². The lowest BCUT2D eigenvalue weighted by Crippen LogP contribution is -2.49. The highest BCUT2D eigenvalue weighted by Gasteiger charge is 2.48. The second-order valence-electron chi connectivity index (χ2n) is 8.28. The van der Waals surface area contributed by atoms with E-state index in [-0.39, 0.29) is 0 Å². The summed E-state index contributed by atoms with van der Waals surface area (Å²) in [6, 6.07) is 25.9. The highest BCUT2D eigenvalue weighted by Crippen LogP contribution is 2.46. The molecule has 3 heterocycles. The van der Waals surface area contributed by atoms with Crippen molar-refractivity contribution in [1.29, 1.82) is 0 Å². The Morgan fingerprint density at radius 2 is 1.54 bits per heavy atom. The molecule has 3 aromatic rings. The van der Waals surface area contributed by atoms with Gasteiger partial charge in [-0.3, -0.25) is 9.88 Å². The third-order valence-electron chi connectivity index (χ3n) is 6.51. The monoisotopic (exact) mass is 370 g/mol. The predicted octanol–water partition coefficient (Wildman–Crippen LogP) is 4.76. The SMILES string of the molecule is OC1(c2ccc(-c3ccccn3)cc2)CC2CCC(C1)N2Cc1ccccc1. The Bertz CT molecular complexity index is 910. The quantitative estimate of drug-likeness (QED) is 0.719. The third-order valence-corrected chi connectivity index (χ3v) is 6.51. The lowest BCUT2D eigenvalue weighted by Gasteiger charge is -2.44. The van der Waals surface area contributed by atoms with Gasteiger partial charge < -0.3 is 5.11 Å². The van der Waals surface area contributed by atoms with Crippen LogP contribution in [0.3, 0.4) is 0 Å². The number of nitrogens with zero attached hydrogens (tertiary/aromatic N) is 2. The van der Waals surface area contributed by atoms with Crippen LogP contribution in [-0.4, -0.2) is 27.1 Å². The summed E-state index contributed by atoms with van der Waals surface area (Å²) in [6.45, 7) is 0.991. The fourth-order valence-corrected chi connectivity index (χ4v) is 5.09. The van der Waals surface area contributed by atoms with Crippen molar-refractivity contribution in [2.24, 2.45) is 0 Å². The maximum Gasteiger partial charge on any atom is 0.0926 e. The van der Waals surface area contributed by atoms with Crippen molar-refractivity contribution >= 4 is 0 Å². The first kappa shape index (κ1) is 17.6. The highest BCUT2D eigenvalue weighted by atomic mass is 16.3. The summed E-state index contributed by atoms with van der Waals surface area (Å²) >= 11 is 0. The molecule has 0 amide bonds. The molecular weight excluding hydrogens is 344 g/mol. The summed E-state index contributed by atoms with van der Waals surface area (Å²) < 4.78 is 0. The molecule has 0 saturated carbocycles. The van der Waals surface area contributed by atoms with E-state index < -0.39 is 5.60 Å². The Hall–Kier alpha value is -2.49. The van der Waals surface area contributed by atoms with E-state index >= 15 is 0 Å². The lowest BCUT2D eigenvalue weighted by molar-refractivity contribution is -0.0595. The number of fused-ring (bicyclic) bond motifs is 2. The van der Waals surface area contributed by atoms with Crippen LogP contribution in [0.2, 0.25) is 0 Å². The maximum absolute atomic E-state index is 11.5. The van der Waals surface area contributed by atoms with E-state index in [1.807, 2.05) is 24.4 Å². The van der Waals surface area contributed by atoms with Crippen LogP contribution in [0, 0.1) is 0 Å². The average Bonchev–Trinajstić information content (AvgIpc) is 2.99. The van der Waals surface area contributed by atoms with Gasteiger partial charge in [-0.25, -0.2) is 0 Å². The van der Waals surface area contributed by atoms with Crippen molar-refractivity contribution in [2.75, 3.05) is 0 Å². The van der Waals surface area contributed by atoms with Crippen LogP contribution >= 0.6 is 0 Å². The van der Waals surface area contributed by atoms with E-state index in [0.29, 0.717) is 12.1 Å². The number of aliphatic hydroxyl groups is 1. The molecule has 5 rings (SSSR count). The van der Waals surface area contributed by atoms with Crippen molar-refractivity contribution in [2.45, 2.75) is 49.9 Å². The van der Waals surface area contributed by atoms with Gasteiger partial charge in [-0.05, 0) is 48.9 Å². The minimum atomic E-state index is -0.721. The molecule has 3 nitrogen and oxygen atoms in total. The van der Waals surface area contributed by atoms with Gasteiger partial charge in [0.25, 0.3) is 0 Å². The predicted molar refractivity (Wildman–Crippen MR) is 112 cm³/mol. The second-order valence-corrected chi connectivity index (χ2v) is 8.28. The van der Waals surface area contributed by atoms with E-state index in [1.54, 1.807) is 0 Å². The number of hydrogen-bond donors (Lipinski definition) is 1. The largest absolute Gasteiger partial charge is 0.385 e. The van der Waals surface area contributed by atoms with Crippen molar-refractivity contribution in [3.05, 3.63) is 90.1 Å². The standard InChI is InChI=1S/C25H26N2O/c28-25(21-11-9-20(10-12-21)24-8-4-5-15-26-24)16-22-13-14-23(17-25)27(22)18-19-6-2-1-3-7-19/h1-12,15,22-23,28H,13-14,16-18H2. The minimum absolute atomic E-state index is 0.458. The Labute approximate surface area is 166 Å². The summed E-state index contributed by atoms with van der Waals surface area (Å²) in [5.41, 5.74) is 3.76. The van der Waals surface area contributed by atoms with E-state index in [9.17, 15) is 5.11 Å². The first-order valence-electron chi connectivity index (χ1n) is 10.3. The van der Waals surface area contributed by atoms with Crippen LogP contribution in [0.5, 0.6) is 0 Å². The lowest BCUT2D eigenvalue weighted by atomic mass is 9.80. The fourth-order valence-electron chi connectivity index (χ4n) is 5.09. The van der Waals surface area contributed by atoms with E-state index in [1.165, 1.54) is 18.4 Å². The molecule has 2 aliphatic rings. The van der Waals surface area contributed by atoms with Gasteiger partial charge in [-0.1, -0.05) is 60.7 Å². The second kappa shape index (κ2) is 7.16. The molecular formula is C25H26N2O. The topological polar surface area (TPSA) is 36.4 Å². The van der Waals surface area contributed by atoms with Crippen molar-refractivity contribution in [3.8, 4) is 11.3 Å². The molecule has 2 fully saturated rings. The Balaban J connectivity index is 1.34. The molecule has 0 spiro atoms. The number of piperidine rings is 1. The van der Waals surface area contributed by atoms with Gasteiger partial charge in [0.1, 0.15) is 0 Å². The molecule has 0 radical (unpaired) electrons. The molecule has 3 heteroatoms. The number of hydrogen-bond acceptors (Lipinski definition) is 3. The van der Waals surface area contributed by atoms with Crippen LogP contribution < -0.4 is 0 Å². The number of benzene rings is 2. The van der Waals surface area contributed by atoms with E-state index in [4.69, 9.17) is 0 Å². The van der Waals surface area contributed by atoms with Crippen molar-refractivity contribution < 1.29 is 5.11 Å². The minimum Gasteiger partial charge on any atom is -0.385 e. The number of pyridine rings is 1. The molecule has 2 atom stereocenters.